The molecule has 0 fully saturated rings. The number of nitrogens with zero attached hydrogens (tertiary/aromatic N) is 3. The van der Waals surface area contributed by atoms with Gasteiger partial charge in [0.05, 0.1) is 28.2 Å². The molecule has 0 N–H and O–H groups in total. The lowest BCUT2D eigenvalue weighted by atomic mass is 9.62. The predicted molar refractivity (Wildman–Crippen MR) is 235 cm³/mol. The van der Waals surface area contributed by atoms with Crippen LogP contribution in [0.25, 0.3) is 27.6 Å². The minimum Gasteiger partial charge on any atom is -0.351 e. The molecule has 1 aliphatic carbocycles. The summed E-state index contributed by atoms with van der Waals surface area (Å²) >= 11 is 1.87. The Balaban J connectivity index is 1.34. The Morgan fingerprint density at radius 2 is 1.14 bits per heavy atom. The summed E-state index contributed by atoms with van der Waals surface area (Å²) in [5.41, 5.74) is 14.9. The summed E-state index contributed by atoms with van der Waals surface area (Å²) in [6.45, 7) is 0. The Bertz CT molecular complexity index is 3090. The molecule has 58 heavy (non-hydrogen) atoms. The molecule has 3 aliphatic heterocycles. The largest absolute Gasteiger partial charge is 0.351 e. The number of benzene rings is 8. The zero-order valence-electron chi connectivity index (χ0n) is 31.7. The number of fused-ring (bicyclic) bond motifs is 10. The molecule has 2 atom stereocenters. The van der Waals surface area contributed by atoms with Gasteiger partial charge in [-0.1, -0.05) is 176 Å². The van der Waals surface area contributed by atoms with Gasteiger partial charge in [0.1, 0.15) is 6.17 Å². The molecule has 4 heteroatoms. The third kappa shape index (κ3) is 4.16. The molecular weight excluding hydrogens is 723 g/mol. The standard InChI is InChI=1S/C54H35N3S/c1-57-47-32-46(34-16-4-2-5-17-34)56-52(57)53(36-18-6-3-7-19-36,40-31-30-35(33-55)37-20-8-9-21-38(37)40)44-26-15-27-45-51(44)50-39(47)22-14-25-43(50)54(45)41-23-10-12-28-48(41)58-49-29-13-11-24-42(49)54/h2-32,52H,1H3. The van der Waals surface area contributed by atoms with Gasteiger partial charge in [0, 0.05) is 28.1 Å². The van der Waals surface area contributed by atoms with Crippen molar-refractivity contribution in [2.75, 3.05) is 7.05 Å². The lowest BCUT2D eigenvalue weighted by Crippen LogP contribution is -2.52. The molecule has 3 nitrogen and oxygen atoms in total. The van der Waals surface area contributed by atoms with E-state index >= 15 is 0 Å². The van der Waals surface area contributed by atoms with Gasteiger partial charge in [0.25, 0.3) is 0 Å². The Hall–Kier alpha value is -6.93. The predicted octanol–water partition coefficient (Wildman–Crippen LogP) is 12.0. The van der Waals surface area contributed by atoms with Crippen molar-refractivity contribution >= 4 is 33.9 Å². The zero-order valence-corrected chi connectivity index (χ0v) is 32.5. The van der Waals surface area contributed by atoms with Crippen molar-refractivity contribution in [2.24, 2.45) is 4.99 Å². The maximum atomic E-state index is 10.5. The van der Waals surface area contributed by atoms with Crippen LogP contribution in [0.1, 0.15) is 55.6 Å². The summed E-state index contributed by atoms with van der Waals surface area (Å²) in [6.07, 6.45) is 1.90. The molecule has 8 aromatic rings. The van der Waals surface area contributed by atoms with E-state index in [2.05, 4.69) is 194 Å². The molecule has 0 radical (unpaired) electrons. The van der Waals surface area contributed by atoms with Crippen molar-refractivity contribution in [3.8, 4) is 17.2 Å². The summed E-state index contributed by atoms with van der Waals surface area (Å²) in [6, 6.07) is 69.0. The van der Waals surface area contributed by atoms with Crippen LogP contribution in [0, 0.1) is 11.3 Å². The quantitative estimate of drug-likeness (QED) is 0.180. The van der Waals surface area contributed by atoms with E-state index in [0.29, 0.717) is 5.56 Å². The van der Waals surface area contributed by atoms with Crippen LogP contribution in [0.15, 0.2) is 203 Å². The molecule has 1 spiro atoms. The van der Waals surface area contributed by atoms with Crippen molar-refractivity contribution in [3.05, 3.63) is 244 Å². The Morgan fingerprint density at radius 1 is 0.552 bits per heavy atom. The van der Waals surface area contributed by atoms with Crippen molar-refractivity contribution in [1.29, 1.82) is 5.26 Å². The fourth-order valence-corrected chi connectivity index (χ4v) is 12.1. The third-order valence-corrected chi connectivity index (χ3v) is 14.3. The minimum absolute atomic E-state index is 0.414. The molecule has 2 unspecified atom stereocenters. The molecule has 272 valence electrons. The van der Waals surface area contributed by atoms with Crippen molar-refractivity contribution in [1.82, 2.24) is 4.90 Å². The van der Waals surface area contributed by atoms with Gasteiger partial charge in [0.15, 0.2) is 0 Å². The number of allylic oxidation sites excluding steroid dienone is 1. The second-order valence-electron chi connectivity index (χ2n) is 15.7. The van der Waals surface area contributed by atoms with Crippen LogP contribution in [0.2, 0.25) is 0 Å². The van der Waals surface area contributed by atoms with Crippen LogP contribution in [0.4, 0.5) is 0 Å². The van der Waals surface area contributed by atoms with Gasteiger partial charge in [-0.25, -0.2) is 0 Å². The zero-order chi connectivity index (χ0) is 38.6. The number of rotatable bonds is 3. The lowest BCUT2D eigenvalue weighted by Gasteiger charge is -2.50. The van der Waals surface area contributed by atoms with E-state index in [1.807, 2.05) is 23.9 Å². The fourth-order valence-electron chi connectivity index (χ4n) is 10.9. The highest BCUT2D eigenvalue weighted by Crippen LogP contribution is 2.66. The molecule has 0 aromatic heterocycles. The summed E-state index contributed by atoms with van der Waals surface area (Å²) < 4.78 is 0. The second-order valence-corrected chi connectivity index (χ2v) is 16.8. The molecule has 8 aromatic carbocycles. The van der Waals surface area contributed by atoms with Crippen LogP contribution in [-0.2, 0) is 10.8 Å². The number of nitriles is 1. The van der Waals surface area contributed by atoms with E-state index in [0.717, 1.165) is 38.9 Å². The highest BCUT2D eigenvalue weighted by molar-refractivity contribution is 7.99. The van der Waals surface area contributed by atoms with E-state index in [1.165, 1.54) is 54.3 Å². The average Bonchev–Trinajstić information content (AvgIpc) is 3.59. The first-order valence-corrected chi connectivity index (χ1v) is 20.7. The van der Waals surface area contributed by atoms with Crippen LogP contribution in [-0.4, -0.2) is 23.8 Å². The molecule has 4 aliphatic rings. The Morgan fingerprint density at radius 3 is 1.86 bits per heavy atom. The first-order valence-electron chi connectivity index (χ1n) is 19.9. The Labute approximate surface area is 342 Å². The van der Waals surface area contributed by atoms with Crippen LogP contribution >= 0.6 is 11.8 Å². The number of aliphatic imine (C=N–C) groups is 1. The van der Waals surface area contributed by atoms with Crippen LogP contribution in [0.3, 0.4) is 0 Å². The molecule has 12 rings (SSSR count). The first kappa shape index (κ1) is 33.2. The summed E-state index contributed by atoms with van der Waals surface area (Å²) in [7, 11) is 2.23. The average molecular weight is 758 g/mol. The van der Waals surface area contributed by atoms with Crippen LogP contribution in [0.5, 0.6) is 0 Å². The van der Waals surface area contributed by atoms with E-state index in [9.17, 15) is 5.26 Å². The Kier molecular flexibility index (Phi) is 7.04. The molecular formula is C54H35N3S. The lowest BCUT2D eigenvalue weighted by molar-refractivity contribution is 0.273. The fraction of sp³-hybridized carbons (Fsp3) is 0.0741. The first-order chi connectivity index (χ1) is 28.7. The normalized spacial score (nSPS) is 18.9. The molecule has 0 saturated carbocycles. The number of likely N-dealkylation sites (N-methyl/N-ethyl adjacent to an activating group) is 1. The second kappa shape index (κ2) is 12.3. The summed E-state index contributed by atoms with van der Waals surface area (Å²) in [4.78, 5) is 10.9. The number of hydrogen-bond acceptors (Lipinski definition) is 4. The van der Waals surface area contributed by atoms with Crippen molar-refractivity contribution < 1.29 is 0 Å². The van der Waals surface area contributed by atoms with E-state index in [1.54, 1.807) is 0 Å². The van der Waals surface area contributed by atoms with Gasteiger partial charge in [-0.05, 0) is 90.7 Å². The van der Waals surface area contributed by atoms with E-state index in [4.69, 9.17) is 4.99 Å². The van der Waals surface area contributed by atoms with E-state index < -0.39 is 17.0 Å². The van der Waals surface area contributed by atoms with Gasteiger partial charge >= 0.3 is 0 Å². The monoisotopic (exact) mass is 757 g/mol. The highest BCUT2D eigenvalue weighted by Gasteiger charge is 2.57. The smallest absolute Gasteiger partial charge is 0.139 e. The van der Waals surface area contributed by atoms with Crippen molar-refractivity contribution in [3.63, 3.8) is 0 Å². The van der Waals surface area contributed by atoms with Gasteiger partial charge < -0.3 is 4.90 Å². The van der Waals surface area contributed by atoms with Gasteiger partial charge in [-0.15, -0.1) is 0 Å². The molecule has 3 heterocycles. The van der Waals surface area contributed by atoms with Crippen LogP contribution < -0.4 is 0 Å². The topological polar surface area (TPSA) is 39.4 Å². The summed E-state index contributed by atoms with van der Waals surface area (Å²) in [5, 5.41) is 12.5. The minimum atomic E-state index is -0.854. The highest BCUT2D eigenvalue weighted by atomic mass is 32.2. The maximum absolute atomic E-state index is 10.5. The summed E-state index contributed by atoms with van der Waals surface area (Å²) in [5.74, 6) is 0. The van der Waals surface area contributed by atoms with E-state index in [-0.39, 0.29) is 0 Å². The van der Waals surface area contributed by atoms with Crippen molar-refractivity contribution in [2.45, 2.75) is 26.8 Å². The van der Waals surface area contributed by atoms with Gasteiger partial charge in [-0.2, -0.15) is 5.26 Å². The number of hydrogen-bond donors (Lipinski definition) is 0. The third-order valence-electron chi connectivity index (χ3n) is 13.1. The van der Waals surface area contributed by atoms with Gasteiger partial charge in [-0.3, -0.25) is 4.99 Å². The SMILES string of the molecule is CN1C2=CC(c3ccccc3)=NC1C(c1ccccc1)(c1ccc(C#N)c3ccccc13)c1cccc3c1-c1c2cccc1C31c2ccccc2Sc2ccccc21. The van der Waals surface area contributed by atoms with Gasteiger partial charge in [0.2, 0.25) is 0 Å². The molecule has 2 bridgehead atoms. The molecule has 0 saturated heterocycles. The maximum Gasteiger partial charge on any atom is 0.139 e. The molecule has 0 amide bonds.